The van der Waals surface area contributed by atoms with Crippen LogP contribution in [0.5, 0.6) is 0 Å². The van der Waals surface area contributed by atoms with Gasteiger partial charge in [0.25, 0.3) is 5.89 Å². The van der Waals surface area contributed by atoms with Crippen molar-refractivity contribution in [2.24, 2.45) is 7.05 Å². The van der Waals surface area contributed by atoms with Crippen molar-refractivity contribution in [1.82, 2.24) is 19.9 Å². The van der Waals surface area contributed by atoms with Gasteiger partial charge in [0.1, 0.15) is 11.7 Å². The molecular formula is C15H22N4O4. The zero-order valence-corrected chi connectivity index (χ0v) is 14.3. The number of hydrogen-bond donors (Lipinski definition) is 0. The Morgan fingerprint density at radius 1 is 1.43 bits per heavy atom. The number of nitrogens with zero attached hydrogens (tertiary/aromatic N) is 4. The van der Waals surface area contributed by atoms with E-state index in [1.807, 2.05) is 20.8 Å². The van der Waals surface area contributed by atoms with E-state index in [4.69, 9.17) is 14.0 Å². The third kappa shape index (κ3) is 3.95. The van der Waals surface area contributed by atoms with Gasteiger partial charge in [-0.1, -0.05) is 25.9 Å². The van der Waals surface area contributed by atoms with Crippen molar-refractivity contribution >= 4 is 5.97 Å². The summed E-state index contributed by atoms with van der Waals surface area (Å²) >= 11 is 0. The van der Waals surface area contributed by atoms with Crippen molar-refractivity contribution in [2.45, 2.75) is 45.8 Å². The topological polar surface area (TPSA) is 92.3 Å². The SMILES string of the molecule is COC(C)c1noc(COC(=O)c2cn(C)nc2C(C)(C)C)n1. The second kappa shape index (κ2) is 6.49. The molecule has 0 N–H and O–H groups in total. The zero-order valence-electron chi connectivity index (χ0n) is 14.3. The number of aryl methyl sites for hydroxylation is 1. The Labute approximate surface area is 134 Å². The molecule has 1 unspecified atom stereocenters. The highest BCUT2D eigenvalue weighted by atomic mass is 16.6. The maximum Gasteiger partial charge on any atom is 0.342 e. The third-order valence-electron chi connectivity index (χ3n) is 3.29. The van der Waals surface area contributed by atoms with Crippen molar-refractivity contribution in [1.29, 1.82) is 0 Å². The van der Waals surface area contributed by atoms with Gasteiger partial charge in [0.15, 0.2) is 12.4 Å². The summed E-state index contributed by atoms with van der Waals surface area (Å²) < 4.78 is 17.0. The molecule has 2 aromatic heterocycles. The normalized spacial score (nSPS) is 13.1. The number of carbonyl (C=O) groups excluding carboxylic acids is 1. The number of methoxy groups -OCH3 is 1. The standard InChI is InChI=1S/C15H22N4O4/c1-9(21-6)13-16-11(23-18-13)8-22-14(20)10-7-19(5)17-12(10)15(2,3)4/h7,9H,8H2,1-6H3. The zero-order chi connectivity index (χ0) is 17.2. The average molecular weight is 322 g/mol. The lowest BCUT2D eigenvalue weighted by Crippen LogP contribution is -2.18. The molecule has 2 aromatic rings. The van der Waals surface area contributed by atoms with Crippen LogP contribution in [0.1, 0.15) is 61.6 Å². The Bertz CT molecular complexity index is 684. The lowest BCUT2D eigenvalue weighted by atomic mass is 9.90. The molecular weight excluding hydrogens is 300 g/mol. The Hall–Kier alpha value is -2.22. The molecule has 2 rings (SSSR count). The van der Waals surface area contributed by atoms with Crippen LogP contribution < -0.4 is 0 Å². The van der Waals surface area contributed by atoms with Gasteiger partial charge in [0, 0.05) is 25.8 Å². The van der Waals surface area contributed by atoms with Crippen LogP contribution in [0.4, 0.5) is 0 Å². The largest absolute Gasteiger partial charge is 0.452 e. The van der Waals surface area contributed by atoms with Crippen LogP contribution in [-0.2, 0) is 28.5 Å². The lowest BCUT2D eigenvalue weighted by Gasteiger charge is -2.16. The van der Waals surface area contributed by atoms with Gasteiger partial charge in [-0.05, 0) is 6.92 Å². The first-order chi connectivity index (χ1) is 10.7. The molecule has 0 saturated heterocycles. The Morgan fingerprint density at radius 2 is 2.13 bits per heavy atom. The van der Waals surface area contributed by atoms with Gasteiger partial charge >= 0.3 is 5.97 Å². The predicted molar refractivity (Wildman–Crippen MR) is 80.7 cm³/mol. The van der Waals surface area contributed by atoms with Gasteiger partial charge in [0.05, 0.1) is 5.69 Å². The van der Waals surface area contributed by atoms with E-state index in [1.54, 1.807) is 32.0 Å². The molecule has 0 spiro atoms. The molecule has 0 fully saturated rings. The van der Waals surface area contributed by atoms with Crippen molar-refractivity contribution in [3.05, 3.63) is 29.2 Å². The van der Waals surface area contributed by atoms with Crippen LogP contribution in [0.15, 0.2) is 10.7 Å². The van der Waals surface area contributed by atoms with E-state index in [0.717, 1.165) is 0 Å². The molecule has 2 heterocycles. The molecule has 0 aliphatic heterocycles. The maximum absolute atomic E-state index is 12.3. The van der Waals surface area contributed by atoms with E-state index in [9.17, 15) is 4.79 Å². The molecule has 126 valence electrons. The van der Waals surface area contributed by atoms with Crippen molar-refractivity contribution in [3.63, 3.8) is 0 Å². The van der Waals surface area contributed by atoms with Crippen LogP contribution >= 0.6 is 0 Å². The van der Waals surface area contributed by atoms with Crippen LogP contribution in [0.2, 0.25) is 0 Å². The number of carbonyl (C=O) groups is 1. The summed E-state index contributed by atoms with van der Waals surface area (Å²) in [4.78, 5) is 16.4. The smallest absolute Gasteiger partial charge is 0.342 e. The molecule has 0 saturated carbocycles. The van der Waals surface area contributed by atoms with Gasteiger partial charge in [-0.25, -0.2) is 4.79 Å². The first-order valence-corrected chi connectivity index (χ1v) is 7.29. The van der Waals surface area contributed by atoms with Gasteiger partial charge in [0.2, 0.25) is 0 Å². The molecule has 0 bridgehead atoms. The van der Waals surface area contributed by atoms with Crippen LogP contribution in [0.25, 0.3) is 0 Å². The highest BCUT2D eigenvalue weighted by molar-refractivity contribution is 5.90. The fraction of sp³-hybridized carbons (Fsp3) is 0.600. The summed E-state index contributed by atoms with van der Waals surface area (Å²) in [5.74, 6) is 0.163. The second-order valence-electron chi connectivity index (χ2n) is 6.32. The summed E-state index contributed by atoms with van der Waals surface area (Å²) in [5.41, 5.74) is 0.857. The van der Waals surface area contributed by atoms with Crippen LogP contribution in [0, 0.1) is 0 Å². The molecule has 8 nitrogen and oxygen atoms in total. The van der Waals surface area contributed by atoms with Crippen molar-refractivity contribution in [3.8, 4) is 0 Å². The van der Waals surface area contributed by atoms with Gasteiger partial charge in [-0.15, -0.1) is 0 Å². The van der Waals surface area contributed by atoms with Crippen LogP contribution in [0.3, 0.4) is 0 Å². The number of rotatable bonds is 5. The summed E-state index contributed by atoms with van der Waals surface area (Å²) in [6.07, 6.45) is 1.36. The monoisotopic (exact) mass is 322 g/mol. The molecule has 8 heteroatoms. The predicted octanol–water partition coefficient (Wildman–Crippen LogP) is 2.17. The molecule has 0 amide bonds. The van der Waals surface area contributed by atoms with E-state index in [2.05, 4.69) is 15.2 Å². The minimum atomic E-state index is -0.470. The Balaban J connectivity index is 2.07. The summed E-state index contributed by atoms with van der Waals surface area (Å²) in [7, 11) is 3.32. The molecule has 0 aromatic carbocycles. The second-order valence-corrected chi connectivity index (χ2v) is 6.32. The fourth-order valence-electron chi connectivity index (χ4n) is 1.99. The summed E-state index contributed by atoms with van der Waals surface area (Å²) in [6.45, 7) is 7.67. The van der Waals surface area contributed by atoms with E-state index < -0.39 is 5.97 Å². The van der Waals surface area contributed by atoms with E-state index >= 15 is 0 Å². The Kier molecular flexibility index (Phi) is 4.84. The summed E-state index contributed by atoms with van der Waals surface area (Å²) in [5, 5.41) is 8.12. The lowest BCUT2D eigenvalue weighted by molar-refractivity contribution is 0.0427. The molecule has 0 aliphatic rings. The minimum absolute atomic E-state index is 0.0965. The number of ether oxygens (including phenoxy) is 2. The van der Waals surface area contributed by atoms with Gasteiger partial charge < -0.3 is 14.0 Å². The maximum atomic E-state index is 12.3. The van der Waals surface area contributed by atoms with E-state index in [-0.39, 0.29) is 24.0 Å². The van der Waals surface area contributed by atoms with Gasteiger partial charge in [-0.3, -0.25) is 4.68 Å². The third-order valence-corrected chi connectivity index (χ3v) is 3.29. The highest BCUT2D eigenvalue weighted by Gasteiger charge is 2.27. The molecule has 23 heavy (non-hydrogen) atoms. The van der Waals surface area contributed by atoms with Crippen LogP contribution in [-0.4, -0.2) is 33.0 Å². The first-order valence-electron chi connectivity index (χ1n) is 7.29. The highest BCUT2D eigenvalue weighted by Crippen LogP contribution is 2.25. The quantitative estimate of drug-likeness (QED) is 0.779. The molecule has 0 aliphatic carbocycles. The number of esters is 1. The van der Waals surface area contributed by atoms with Crippen molar-refractivity contribution in [2.75, 3.05) is 7.11 Å². The molecule has 0 radical (unpaired) electrons. The van der Waals surface area contributed by atoms with Crippen molar-refractivity contribution < 1.29 is 18.8 Å². The number of aromatic nitrogens is 4. The average Bonchev–Trinajstić information content (AvgIpc) is 3.10. The van der Waals surface area contributed by atoms with E-state index in [1.165, 1.54) is 0 Å². The van der Waals surface area contributed by atoms with E-state index in [0.29, 0.717) is 17.1 Å². The fourth-order valence-corrected chi connectivity index (χ4v) is 1.99. The molecule has 1 atom stereocenters. The number of hydrogen-bond acceptors (Lipinski definition) is 7. The summed E-state index contributed by atoms with van der Waals surface area (Å²) in [6, 6.07) is 0. The minimum Gasteiger partial charge on any atom is -0.452 e. The first kappa shape index (κ1) is 17.1. The Morgan fingerprint density at radius 3 is 2.74 bits per heavy atom. The van der Waals surface area contributed by atoms with Gasteiger partial charge in [-0.2, -0.15) is 10.1 Å².